The highest BCUT2D eigenvalue weighted by molar-refractivity contribution is 6.16. The van der Waals surface area contributed by atoms with Crippen LogP contribution in [0.2, 0.25) is 0 Å². The maximum Gasteiger partial charge on any atom is 0.232 e. The van der Waals surface area contributed by atoms with E-state index in [0.29, 0.717) is 36.1 Å². The average Bonchev–Trinajstić information content (AvgIpc) is 3.44. The van der Waals surface area contributed by atoms with E-state index in [0.717, 1.165) is 57.6 Å². The van der Waals surface area contributed by atoms with Crippen LogP contribution in [0.4, 0.5) is 0 Å². The van der Waals surface area contributed by atoms with Gasteiger partial charge in [-0.25, -0.2) is 0 Å². The average molecular weight is 511 g/mol. The monoisotopic (exact) mass is 510 g/mol. The minimum atomic E-state index is -0.0873. The van der Waals surface area contributed by atoms with Gasteiger partial charge in [-0.3, -0.25) is 9.69 Å². The lowest BCUT2D eigenvalue weighted by Gasteiger charge is -2.30. The van der Waals surface area contributed by atoms with Crippen LogP contribution in [-0.2, 0) is 20.0 Å². The highest BCUT2D eigenvalue weighted by Gasteiger charge is 2.35. The topological polar surface area (TPSA) is 62.2 Å². The van der Waals surface area contributed by atoms with Crippen molar-refractivity contribution in [1.82, 2.24) is 9.47 Å². The van der Waals surface area contributed by atoms with E-state index in [9.17, 15) is 4.79 Å². The van der Waals surface area contributed by atoms with Crippen molar-refractivity contribution in [3.05, 3.63) is 88.3 Å². The van der Waals surface area contributed by atoms with Gasteiger partial charge in [0, 0.05) is 42.8 Å². The van der Waals surface area contributed by atoms with Gasteiger partial charge in [0.05, 0.1) is 25.3 Å². The van der Waals surface area contributed by atoms with Crippen LogP contribution in [-0.4, -0.2) is 42.7 Å². The second-order valence-electron chi connectivity index (χ2n) is 9.79. The van der Waals surface area contributed by atoms with Gasteiger partial charge in [0.25, 0.3) is 0 Å². The van der Waals surface area contributed by atoms with Crippen molar-refractivity contribution in [3.63, 3.8) is 0 Å². The number of methoxy groups -OCH3 is 2. The number of rotatable bonds is 6. The minimum absolute atomic E-state index is 0.0873. The van der Waals surface area contributed by atoms with Gasteiger partial charge >= 0.3 is 0 Å². The number of allylic oxidation sites excluding steroid dienone is 1. The smallest absolute Gasteiger partial charge is 0.232 e. The Bertz CT molecular complexity index is 1600. The Labute approximate surface area is 221 Å². The Morgan fingerprint density at radius 3 is 2.68 bits per heavy atom. The van der Waals surface area contributed by atoms with Crippen LogP contribution in [0, 0.1) is 6.92 Å². The number of aryl methyl sites for hydroxylation is 2. The van der Waals surface area contributed by atoms with Crippen molar-refractivity contribution in [3.8, 4) is 23.0 Å². The number of carbonyl (C=O) groups excluding carboxylic acids is 1. The summed E-state index contributed by atoms with van der Waals surface area (Å²) in [6.45, 7) is 3.84. The fraction of sp³-hybridized carbons (Fsp3) is 0.258. The van der Waals surface area contributed by atoms with E-state index in [-0.39, 0.29) is 5.78 Å². The molecule has 0 spiro atoms. The summed E-state index contributed by atoms with van der Waals surface area (Å²) >= 11 is 0. The number of nitrogens with zero attached hydrogens (tertiary/aromatic N) is 2. The Kier molecular flexibility index (Phi) is 6.08. The van der Waals surface area contributed by atoms with Crippen LogP contribution in [0.5, 0.6) is 23.0 Å². The molecule has 0 saturated heterocycles. The first-order valence-corrected chi connectivity index (χ1v) is 12.7. The molecular weight excluding hydrogens is 480 g/mol. The number of Topliss-reactive ketones (excluding diaryl/α,β-unsaturated/α-hetero) is 1. The molecular formula is C31H30N2O5. The second-order valence-corrected chi connectivity index (χ2v) is 9.79. The molecule has 0 amide bonds. The van der Waals surface area contributed by atoms with Gasteiger partial charge in [-0.1, -0.05) is 24.3 Å². The summed E-state index contributed by atoms with van der Waals surface area (Å²) in [6.07, 6.45) is 4.70. The van der Waals surface area contributed by atoms with Crippen molar-refractivity contribution in [2.75, 3.05) is 27.5 Å². The van der Waals surface area contributed by atoms with E-state index < -0.39 is 0 Å². The molecule has 1 aromatic heterocycles. The summed E-state index contributed by atoms with van der Waals surface area (Å²) in [4.78, 5) is 15.7. The van der Waals surface area contributed by atoms with Crippen LogP contribution in [0.15, 0.2) is 60.5 Å². The van der Waals surface area contributed by atoms with Crippen LogP contribution >= 0.6 is 0 Å². The molecule has 2 aliphatic heterocycles. The number of ketones is 1. The van der Waals surface area contributed by atoms with Crippen molar-refractivity contribution in [2.45, 2.75) is 19.9 Å². The molecule has 3 heterocycles. The van der Waals surface area contributed by atoms with Crippen molar-refractivity contribution >= 4 is 22.8 Å². The zero-order valence-corrected chi connectivity index (χ0v) is 22.0. The number of hydrogen-bond acceptors (Lipinski definition) is 6. The first-order chi connectivity index (χ1) is 18.5. The molecule has 3 aromatic carbocycles. The lowest BCUT2D eigenvalue weighted by atomic mass is 9.98. The number of benzene rings is 3. The van der Waals surface area contributed by atoms with Crippen LogP contribution in [0.25, 0.3) is 17.0 Å². The molecule has 0 N–H and O–H groups in total. The normalized spacial score (nSPS) is 15.8. The third-order valence-electron chi connectivity index (χ3n) is 7.37. The maximum atomic E-state index is 13.5. The molecule has 0 unspecified atom stereocenters. The summed E-state index contributed by atoms with van der Waals surface area (Å²) in [5.74, 6) is 3.09. The number of para-hydroxylation sites is 1. The highest BCUT2D eigenvalue weighted by Crippen LogP contribution is 2.44. The summed E-state index contributed by atoms with van der Waals surface area (Å²) in [6, 6.07) is 16.1. The maximum absolute atomic E-state index is 13.5. The van der Waals surface area contributed by atoms with E-state index >= 15 is 0 Å². The minimum Gasteiger partial charge on any atom is -0.493 e. The van der Waals surface area contributed by atoms with E-state index in [1.807, 2.05) is 62.6 Å². The summed E-state index contributed by atoms with van der Waals surface area (Å²) in [5.41, 5.74) is 5.62. The Morgan fingerprint density at radius 1 is 1.05 bits per heavy atom. The standard InChI is InChI=1S/C31H30N2O5/c1-19-13-26-23(17-33(18-37-26)12-11-20-9-10-25(35-3)27(14-20)36-4)31-29(19)30(34)28(38-31)15-21-16-32(2)24-8-6-5-7-22(21)24/h5-10,13-16H,11-12,17-18H2,1-4H3/b28-15+. The van der Waals surface area contributed by atoms with Crippen molar-refractivity contribution in [1.29, 1.82) is 0 Å². The van der Waals surface area contributed by atoms with Gasteiger partial charge < -0.3 is 23.5 Å². The quantitative estimate of drug-likeness (QED) is 0.319. The van der Waals surface area contributed by atoms with Crippen LogP contribution < -0.4 is 18.9 Å². The zero-order valence-electron chi connectivity index (χ0n) is 22.0. The van der Waals surface area contributed by atoms with E-state index in [2.05, 4.69) is 21.6 Å². The van der Waals surface area contributed by atoms with Crippen molar-refractivity contribution in [2.24, 2.45) is 7.05 Å². The van der Waals surface area contributed by atoms with Gasteiger partial charge in [0.2, 0.25) is 5.78 Å². The Balaban J connectivity index is 1.26. The molecule has 38 heavy (non-hydrogen) atoms. The molecule has 0 aliphatic carbocycles. The third-order valence-corrected chi connectivity index (χ3v) is 7.37. The van der Waals surface area contributed by atoms with Gasteiger partial charge in [0.1, 0.15) is 18.2 Å². The highest BCUT2D eigenvalue weighted by atomic mass is 16.5. The predicted octanol–water partition coefficient (Wildman–Crippen LogP) is 5.51. The molecule has 4 aromatic rings. The molecule has 6 rings (SSSR count). The van der Waals surface area contributed by atoms with E-state index in [4.69, 9.17) is 18.9 Å². The van der Waals surface area contributed by atoms with Gasteiger partial charge in [-0.2, -0.15) is 0 Å². The zero-order chi connectivity index (χ0) is 26.4. The number of fused-ring (bicyclic) bond motifs is 4. The summed E-state index contributed by atoms with van der Waals surface area (Å²) < 4.78 is 25.3. The van der Waals surface area contributed by atoms with Crippen molar-refractivity contribution < 1.29 is 23.7 Å². The molecule has 7 heteroatoms. The first kappa shape index (κ1) is 24.1. The van der Waals surface area contributed by atoms with Crippen LogP contribution in [0.3, 0.4) is 0 Å². The van der Waals surface area contributed by atoms with E-state index in [1.54, 1.807) is 14.2 Å². The Morgan fingerprint density at radius 2 is 1.87 bits per heavy atom. The van der Waals surface area contributed by atoms with Gasteiger partial charge in [-0.15, -0.1) is 0 Å². The first-order valence-electron chi connectivity index (χ1n) is 12.7. The molecule has 7 nitrogen and oxygen atoms in total. The fourth-order valence-corrected chi connectivity index (χ4v) is 5.37. The second kappa shape index (κ2) is 9.58. The van der Waals surface area contributed by atoms with Gasteiger partial charge in [-0.05, 0) is 54.8 Å². The number of carbonyl (C=O) groups is 1. The molecule has 2 aliphatic rings. The van der Waals surface area contributed by atoms with Crippen LogP contribution in [0.1, 0.15) is 32.6 Å². The Hall–Kier alpha value is -4.23. The molecule has 0 atom stereocenters. The summed E-state index contributed by atoms with van der Waals surface area (Å²) in [5, 5.41) is 1.08. The number of ether oxygens (including phenoxy) is 4. The molecule has 0 radical (unpaired) electrons. The summed E-state index contributed by atoms with van der Waals surface area (Å²) in [7, 11) is 5.28. The lowest BCUT2D eigenvalue weighted by molar-refractivity contribution is 0.0949. The molecule has 0 fully saturated rings. The molecule has 0 saturated carbocycles. The fourth-order valence-electron chi connectivity index (χ4n) is 5.37. The molecule has 194 valence electrons. The molecule has 0 bridgehead atoms. The van der Waals surface area contributed by atoms with E-state index in [1.165, 1.54) is 0 Å². The SMILES string of the molecule is COc1ccc(CCN2COc3cc(C)c4c(c3C2)O/C(=C/c2cn(C)c3ccccc23)C4=O)cc1OC. The van der Waals surface area contributed by atoms with Gasteiger partial charge in [0.15, 0.2) is 17.3 Å². The predicted molar refractivity (Wildman–Crippen MR) is 146 cm³/mol. The number of hydrogen-bond donors (Lipinski definition) is 0. The number of aromatic nitrogens is 1. The largest absolute Gasteiger partial charge is 0.493 e. The third kappa shape index (κ3) is 4.09. The lowest BCUT2D eigenvalue weighted by Crippen LogP contribution is -2.34.